The van der Waals surface area contributed by atoms with Crippen molar-refractivity contribution in [2.75, 3.05) is 0 Å². The predicted molar refractivity (Wildman–Crippen MR) is 49.8 cm³/mol. The molecule has 10 heavy (non-hydrogen) atoms. The second kappa shape index (κ2) is 3.38. The molecule has 0 N–H and O–H groups in total. The molecule has 0 aromatic rings. The van der Waals surface area contributed by atoms with Crippen LogP contribution >= 0.6 is 21.2 Å². The monoisotopic (exact) mass is 274 g/mol. The van der Waals surface area contributed by atoms with Crippen molar-refractivity contribution >= 4 is 28.2 Å². The van der Waals surface area contributed by atoms with Gasteiger partial charge >= 0.3 is 0 Å². The Kier molecular flexibility index (Phi) is 2.97. The molecular weight excluding hydrogens is 263 g/mol. The van der Waals surface area contributed by atoms with E-state index in [1.54, 1.807) is 21.2 Å². The lowest BCUT2D eigenvalue weighted by atomic mass is 10.0. The van der Waals surface area contributed by atoms with Crippen LogP contribution in [0.5, 0.6) is 0 Å². The summed E-state index contributed by atoms with van der Waals surface area (Å²) in [5, 5.41) is -0.0400. The van der Waals surface area contributed by atoms with Crippen molar-refractivity contribution in [3.05, 3.63) is 0 Å². The lowest BCUT2D eigenvalue weighted by Crippen LogP contribution is -2.18. The van der Waals surface area contributed by atoms with Crippen LogP contribution in [-0.2, 0) is 7.01 Å². The summed E-state index contributed by atoms with van der Waals surface area (Å²) in [4.78, 5) is 0. The summed E-state index contributed by atoms with van der Waals surface area (Å²) in [5.74, 6) is 0. The van der Waals surface area contributed by atoms with Gasteiger partial charge in [-0.1, -0.05) is 19.3 Å². The summed E-state index contributed by atoms with van der Waals surface area (Å²) in [6.45, 7) is 0. The quantitative estimate of drug-likeness (QED) is 0.542. The van der Waals surface area contributed by atoms with E-state index in [9.17, 15) is 8.42 Å². The topological polar surface area (TPSA) is 34.1 Å². The van der Waals surface area contributed by atoms with Gasteiger partial charge in [-0.05, 0) is 12.8 Å². The van der Waals surface area contributed by atoms with Gasteiger partial charge in [-0.15, -0.1) is 0 Å². The molecule has 1 saturated carbocycles. The number of hydrogen-bond donors (Lipinski definition) is 0. The van der Waals surface area contributed by atoms with Gasteiger partial charge in [0, 0.05) is 0 Å². The summed E-state index contributed by atoms with van der Waals surface area (Å²) in [5.41, 5.74) is 0. The van der Waals surface area contributed by atoms with Crippen molar-refractivity contribution in [2.24, 2.45) is 0 Å². The maximum Gasteiger partial charge on any atom is 0.205 e. The first kappa shape index (κ1) is 8.77. The normalized spacial score (nSPS) is 22.9. The molecule has 4 heteroatoms. The molecule has 1 rings (SSSR count). The number of halogens is 1. The van der Waals surface area contributed by atoms with Gasteiger partial charge in [0.1, 0.15) is 0 Å². The van der Waals surface area contributed by atoms with Crippen LogP contribution in [0.1, 0.15) is 32.1 Å². The maximum atomic E-state index is 11.0. The summed E-state index contributed by atoms with van der Waals surface area (Å²) in [7, 11) is -2.76. The molecule has 1 aliphatic rings. The Bertz CT molecular complexity index is 192. The number of hydrogen-bond acceptors (Lipinski definition) is 2. The molecule has 2 nitrogen and oxygen atoms in total. The average molecular weight is 274 g/mol. The largest absolute Gasteiger partial charge is 0.218 e. The molecule has 0 spiro atoms. The van der Waals surface area contributed by atoms with Crippen LogP contribution in [-0.4, -0.2) is 13.7 Å². The molecule has 1 fully saturated rings. The Morgan fingerprint density at radius 1 is 1.10 bits per heavy atom. The standard InChI is InChI=1S/C6H11IO2S/c7-10(8,9)6-4-2-1-3-5-6/h6H,1-5H2. The van der Waals surface area contributed by atoms with Gasteiger partial charge in [0.15, 0.2) is 0 Å². The molecule has 60 valence electrons. The van der Waals surface area contributed by atoms with Crippen LogP contribution in [0.2, 0.25) is 0 Å². The summed E-state index contributed by atoms with van der Waals surface area (Å²) < 4.78 is 21.9. The zero-order chi connectivity index (χ0) is 7.61. The van der Waals surface area contributed by atoms with Gasteiger partial charge in [0.2, 0.25) is 7.01 Å². The minimum absolute atomic E-state index is 0.0400. The molecule has 0 radical (unpaired) electrons. The Hall–Kier alpha value is 0.680. The molecule has 1 aliphatic carbocycles. The fourth-order valence-electron chi connectivity index (χ4n) is 1.35. The lowest BCUT2D eigenvalue weighted by molar-refractivity contribution is 0.491. The fraction of sp³-hybridized carbons (Fsp3) is 1.00. The molecule has 0 saturated heterocycles. The fourth-order valence-corrected chi connectivity index (χ4v) is 3.77. The Labute approximate surface area is 73.9 Å². The van der Waals surface area contributed by atoms with E-state index in [4.69, 9.17) is 0 Å². The highest BCUT2D eigenvalue weighted by Crippen LogP contribution is 2.26. The zero-order valence-corrected chi connectivity index (χ0v) is 8.69. The Morgan fingerprint density at radius 3 is 1.90 bits per heavy atom. The molecule has 0 heterocycles. The molecule has 0 atom stereocenters. The first-order valence-electron chi connectivity index (χ1n) is 3.54. The SMILES string of the molecule is O=S(=O)(I)C1CCCCC1. The highest BCUT2D eigenvalue weighted by atomic mass is 127. The van der Waals surface area contributed by atoms with Gasteiger partial charge in [-0.25, -0.2) is 8.42 Å². The van der Waals surface area contributed by atoms with E-state index in [0.717, 1.165) is 25.7 Å². The van der Waals surface area contributed by atoms with E-state index >= 15 is 0 Å². The van der Waals surface area contributed by atoms with Gasteiger partial charge in [0.05, 0.1) is 26.5 Å². The van der Waals surface area contributed by atoms with Gasteiger partial charge in [-0.2, -0.15) is 0 Å². The Morgan fingerprint density at radius 2 is 1.60 bits per heavy atom. The van der Waals surface area contributed by atoms with E-state index in [0.29, 0.717) is 0 Å². The molecule has 0 unspecified atom stereocenters. The van der Waals surface area contributed by atoms with Crippen molar-refractivity contribution in [1.29, 1.82) is 0 Å². The van der Waals surface area contributed by atoms with Crippen molar-refractivity contribution in [2.45, 2.75) is 37.4 Å². The molecule has 0 aliphatic heterocycles. The van der Waals surface area contributed by atoms with Gasteiger partial charge in [0.25, 0.3) is 0 Å². The van der Waals surface area contributed by atoms with E-state index in [1.165, 1.54) is 6.42 Å². The van der Waals surface area contributed by atoms with Gasteiger partial charge < -0.3 is 0 Å². The van der Waals surface area contributed by atoms with E-state index in [2.05, 4.69) is 0 Å². The zero-order valence-electron chi connectivity index (χ0n) is 5.72. The van der Waals surface area contributed by atoms with Crippen LogP contribution in [0.15, 0.2) is 0 Å². The summed E-state index contributed by atoms with van der Waals surface area (Å²) in [6.07, 6.45) is 5.15. The van der Waals surface area contributed by atoms with Crippen LogP contribution < -0.4 is 0 Å². The maximum absolute atomic E-state index is 11.0. The third-order valence-corrected chi connectivity index (χ3v) is 5.38. The minimum Gasteiger partial charge on any atom is -0.218 e. The predicted octanol–water partition coefficient (Wildman–Crippen LogP) is 2.08. The van der Waals surface area contributed by atoms with Crippen LogP contribution in [0.3, 0.4) is 0 Å². The first-order chi connectivity index (χ1) is 4.61. The minimum atomic E-state index is -2.76. The molecule has 0 aromatic heterocycles. The van der Waals surface area contributed by atoms with Crippen LogP contribution in [0, 0.1) is 0 Å². The summed E-state index contributed by atoms with van der Waals surface area (Å²) >= 11 is 1.57. The van der Waals surface area contributed by atoms with Crippen molar-refractivity contribution in [1.82, 2.24) is 0 Å². The highest BCUT2D eigenvalue weighted by Gasteiger charge is 2.23. The number of rotatable bonds is 1. The highest BCUT2D eigenvalue weighted by molar-refractivity contribution is 14.2. The second-order valence-electron chi connectivity index (χ2n) is 2.74. The first-order valence-corrected chi connectivity index (χ1v) is 7.63. The second-order valence-corrected chi connectivity index (χ2v) is 8.04. The van der Waals surface area contributed by atoms with E-state index in [1.807, 2.05) is 0 Å². The van der Waals surface area contributed by atoms with Crippen LogP contribution in [0.4, 0.5) is 0 Å². The van der Waals surface area contributed by atoms with Gasteiger partial charge in [-0.3, -0.25) is 0 Å². The molecule has 0 amide bonds. The molecular formula is C6H11IO2S. The van der Waals surface area contributed by atoms with Crippen molar-refractivity contribution in [3.63, 3.8) is 0 Å². The third kappa shape index (κ3) is 2.38. The Balaban J connectivity index is 2.56. The smallest absolute Gasteiger partial charge is 0.205 e. The lowest BCUT2D eigenvalue weighted by Gasteiger charge is -2.17. The van der Waals surface area contributed by atoms with Crippen molar-refractivity contribution in [3.8, 4) is 0 Å². The van der Waals surface area contributed by atoms with E-state index < -0.39 is 7.01 Å². The average Bonchev–Trinajstić information content (AvgIpc) is 1.88. The summed E-state index contributed by atoms with van der Waals surface area (Å²) in [6, 6.07) is 0. The third-order valence-electron chi connectivity index (χ3n) is 1.95. The molecule has 0 bridgehead atoms. The molecule has 0 aromatic carbocycles. The van der Waals surface area contributed by atoms with Crippen molar-refractivity contribution < 1.29 is 8.42 Å². The van der Waals surface area contributed by atoms with E-state index in [-0.39, 0.29) is 5.25 Å². The van der Waals surface area contributed by atoms with Crippen LogP contribution in [0.25, 0.3) is 0 Å².